The highest BCUT2D eigenvalue weighted by Gasteiger charge is 2.30. The van der Waals surface area contributed by atoms with Gasteiger partial charge in [-0.2, -0.15) is 0 Å². The van der Waals surface area contributed by atoms with Gasteiger partial charge in [0.1, 0.15) is 19.3 Å². The molecule has 0 aromatic rings. The highest BCUT2D eigenvalue weighted by Crippen LogP contribution is 2.45. The molecule has 0 heterocycles. The molecule has 17 nitrogen and oxygen atoms in total. The van der Waals surface area contributed by atoms with Crippen LogP contribution < -0.4 is 0 Å². The lowest BCUT2D eigenvalue weighted by molar-refractivity contribution is -0.161. The van der Waals surface area contributed by atoms with Crippen LogP contribution in [0.15, 0.2) is 0 Å². The third-order valence-corrected chi connectivity index (χ3v) is 22.1. The predicted octanol–water partition coefficient (Wildman–Crippen LogP) is 25.6. The molecular formula is C85H166O17P2. The summed E-state index contributed by atoms with van der Waals surface area (Å²) in [6.07, 6.45) is 62.5. The Hall–Kier alpha value is -1.94. The summed E-state index contributed by atoms with van der Waals surface area (Å²) in [6.45, 7) is 14.3. The first-order valence-corrected chi connectivity index (χ1v) is 46.7. The monoisotopic (exact) mass is 1520 g/mol. The average molecular weight is 1520 g/mol. The summed E-state index contributed by atoms with van der Waals surface area (Å²) in [6, 6.07) is 0. The number of hydrogen-bond donors (Lipinski definition) is 3. The zero-order valence-corrected chi connectivity index (χ0v) is 70.5. The van der Waals surface area contributed by atoms with Crippen LogP contribution in [0.4, 0.5) is 0 Å². The Kier molecular flexibility index (Phi) is 72.5. The molecule has 618 valence electrons. The van der Waals surface area contributed by atoms with E-state index in [2.05, 4.69) is 55.4 Å². The molecule has 0 radical (unpaired) electrons. The van der Waals surface area contributed by atoms with Crippen LogP contribution in [0.1, 0.15) is 441 Å². The van der Waals surface area contributed by atoms with E-state index in [-0.39, 0.29) is 25.7 Å². The molecule has 19 heteroatoms. The maximum Gasteiger partial charge on any atom is 0.472 e. The van der Waals surface area contributed by atoms with E-state index in [4.69, 9.17) is 37.0 Å². The third-order valence-electron chi connectivity index (χ3n) is 20.2. The van der Waals surface area contributed by atoms with Crippen molar-refractivity contribution >= 4 is 39.5 Å². The van der Waals surface area contributed by atoms with Gasteiger partial charge >= 0.3 is 39.5 Å². The minimum absolute atomic E-state index is 0.106. The van der Waals surface area contributed by atoms with Crippen LogP contribution in [0.3, 0.4) is 0 Å². The van der Waals surface area contributed by atoms with Crippen molar-refractivity contribution in [1.82, 2.24) is 0 Å². The summed E-state index contributed by atoms with van der Waals surface area (Å²) in [5.41, 5.74) is 0. The van der Waals surface area contributed by atoms with Gasteiger partial charge in [-0.1, -0.05) is 389 Å². The van der Waals surface area contributed by atoms with Gasteiger partial charge in [-0.25, -0.2) is 9.13 Å². The van der Waals surface area contributed by atoms with E-state index in [1.54, 1.807) is 0 Å². The van der Waals surface area contributed by atoms with Crippen molar-refractivity contribution in [2.45, 2.75) is 459 Å². The van der Waals surface area contributed by atoms with Gasteiger partial charge in [-0.3, -0.25) is 37.3 Å². The van der Waals surface area contributed by atoms with Crippen molar-refractivity contribution in [3.8, 4) is 0 Å². The topological polar surface area (TPSA) is 237 Å². The molecule has 3 unspecified atom stereocenters. The van der Waals surface area contributed by atoms with Gasteiger partial charge in [0.25, 0.3) is 0 Å². The van der Waals surface area contributed by atoms with Crippen molar-refractivity contribution in [1.29, 1.82) is 0 Å². The lowest BCUT2D eigenvalue weighted by Crippen LogP contribution is -2.30. The lowest BCUT2D eigenvalue weighted by Gasteiger charge is -2.21. The van der Waals surface area contributed by atoms with E-state index < -0.39 is 97.5 Å². The molecule has 0 fully saturated rings. The molecule has 0 aliphatic heterocycles. The van der Waals surface area contributed by atoms with Crippen molar-refractivity contribution in [2.75, 3.05) is 39.6 Å². The number of aliphatic hydroxyl groups is 1. The Balaban J connectivity index is 5.24. The molecule has 0 aliphatic rings. The minimum atomic E-state index is -4.97. The number of esters is 4. The molecule has 3 N–H and O–H groups in total. The van der Waals surface area contributed by atoms with E-state index >= 15 is 0 Å². The van der Waals surface area contributed by atoms with Gasteiger partial charge in [0.15, 0.2) is 12.2 Å². The number of unbranched alkanes of at least 4 members (excludes halogenated alkanes) is 47. The molecule has 0 saturated carbocycles. The number of phosphoric ester groups is 2. The van der Waals surface area contributed by atoms with Gasteiger partial charge in [-0.05, 0) is 49.4 Å². The fraction of sp³-hybridized carbons (Fsp3) is 0.953. The number of ether oxygens (including phenoxy) is 4. The highest BCUT2D eigenvalue weighted by molar-refractivity contribution is 7.47. The number of rotatable bonds is 82. The summed E-state index contributed by atoms with van der Waals surface area (Å²) in [5, 5.41) is 10.7. The SMILES string of the molecule is CCC(C)CCCCCCCCC(=O)OC[C@H](COP(=O)(O)OC[C@H](O)COP(=O)(O)OC[C@@H](COC(=O)CCCCCCCCCCCCCCCCC(C)C)OC(=O)CCCCCCCCCCCCCCCCCCCCC(C)C)OC(=O)CCCCCCCCCCCCCCCC(C)C. The lowest BCUT2D eigenvalue weighted by atomic mass is 10.00. The Morgan fingerprint density at radius 2 is 0.462 bits per heavy atom. The van der Waals surface area contributed by atoms with E-state index in [1.807, 2.05) is 0 Å². The number of phosphoric acid groups is 2. The summed E-state index contributed by atoms with van der Waals surface area (Å²) in [7, 11) is -9.93. The van der Waals surface area contributed by atoms with Crippen LogP contribution >= 0.6 is 15.6 Å². The van der Waals surface area contributed by atoms with Gasteiger partial charge in [0.2, 0.25) is 0 Å². The molecule has 0 amide bonds. The molecule has 0 rings (SSSR count). The second-order valence-corrected chi connectivity index (χ2v) is 35.2. The Labute approximate surface area is 638 Å². The first-order valence-electron chi connectivity index (χ1n) is 43.7. The first kappa shape index (κ1) is 102. The zero-order valence-electron chi connectivity index (χ0n) is 68.7. The van der Waals surface area contributed by atoms with Crippen LogP contribution in [0.2, 0.25) is 0 Å². The zero-order chi connectivity index (χ0) is 76.7. The molecule has 0 aliphatic carbocycles. The van der Waals surface area contributed by atoms with Crippen LogP contribution in [0.25, 0.3) is 0 Å². The van der Waals surface area contributed by atoms with Crippen molar-refractivity contribution in [2.24, 2.45) is 23.7 Å². The standard InChI is InChI=1S/C85H166O17P2/c1-9-78(8)64-56-48-43-44-50-58-66-83(88)96-72-81(102-85(90)68-60-52-42-36-30-24-18-21-27-33-39-47-55-63-77(6)7)74-100-104(93,94)98-70-79(86)69-97-103(91,92)99-73-80(71-95-82(87)65-57-49-40-34-28-22-17-16-20-26-32-38-46-54-62-76(4)5)101-84(89)67-59-51-41-35-29-23-15-13-11-10-12-14-19-25-31-37-45-53-61-75(2)3/h75-81,86H,9-74H2,1-8H3,(H,91,92)(H,93,94)/t78?,79-,80-,81-/m1/s1. The van der Waals surface area contributed by atoms with Crippen molar-refractivity contribution in [3.05, 3.63) is 0 Å². The minimum Gasteiger partial charge on any atom is -0.462 e. The molecule has 6 atom stereocenters. The molecule has 104 heavy (non-hydrogen) atoms. The summed E-state index contributed by atoms with van der Waals surface area (Å²) >= 11 is 0. The fourth-order valence-electron chi connectivity index (χ4n) is 13.1. The molecular weight excluding hydrogens is 1350 g/mol. The van der Waals surface area contributed by atoms with Crippen molar-refractivity contribution < 1.29 is 80.2 Å². The van der Waals surface area contributed by atoms with Gasteiger partial charge in [0.05, 0.1) is 26.4 Å². The second kappa shape index (κ2) is 73.8. The molecule has 0 aromatic carbocycles. The third kappa shape index (κ3) is 76.8. The maximum absolute atomic E-state index is 13.1. The molecule has 0 saturated heterocycles. The Bertz CT molecular complexity index is 2030. The molecule has 0 spiro atoms. The molecule has 0 bridgehead atoms. The van der Waals surface area contributed by atoms with Crippen LogP contribution in [-0.4, -0.2) is 96.7 Å². The fourth-order valence-corrected chi connectivity index (χ4v) is 14.7. The van der Waals surface area contributed by atoms with Gasteiger partial charge in [-0.15, -0.1) is 0 Å². The van der Waals surface area contributed by atoms with Gasteiger partial charge in [0, 0.05) is 25.7 Å². The second-order valence-electron chi connectivity index (χ2n) is 32.2. The Morgan fingerprint density at radius 3 is 0.683 bits per heavy atom. The van der Waals surface area contributed by atoms with Crippen LogP contribution in [-0.2, 0) is 65.4 Å². The normalized spacial score (nSPS) is 14.2. The van der Waals surface area contributed by atoms with Gasteiger partial charge < -0.3 is 33.8 Å². The van der Waals surface area contributed by atoms with Crippen molar-refractivity contribution in [3.63, 3.8) is 0 Å². The smallest absolute Gasteiger partial charge is 0.462 e. The number of hydrogen-bond acceptors (Lipinski definition) is 15. The largest absolute Gasteiger partial charge is 0.472 e. The average Bonchev–Trinajstić information content (AvgIpc) is 0.909. The first-order chi connectivity index (χ1) is 50.1. The highest BCUT2D eigenvalue weighted by atomic mass is 31.2. The van der Waals surface area contributed by atoms with Crippen LogP contribution in [0.5, 0.6) is 0 Å². The molecule has 0 aromatic heterocycles. The summed E-state index contributed by atoms with van der Waals surface area (Å²) in [5.74, 6) is 1.03. The Morgan fingerprint density at radius 1 is 0.269 bits per heavy atom. The number of carbonyl (C=O) groups is 4. The van der Waals surface area contributed by atoms with E-state index in [1.165, 1.54) is 238 Å². The quantitative estimate of drug-likeness (QED) is 0.0222. The number of aliphatic hydroxyl groups excluding tert-OH is 1. The predicted molar refractivity (Wildman–Crippen MR) is 428 cm³/mol. The van der Waals surface area contributed by atoms with E-state index in [9.17, 15) is 43.2 Å². The maximum atomic E-state index is 13.1. The van der Waals surface area contributed by atoms with E-state index in [0.717, 1.165) is 120 Å². The number of carbonyl (C=O) groups excluding carboxylic acids is 4. The van der Waals surface area contributed by atoms with E-state index in [0.29, 0.717) is 25.7 Å². The van der Waals surface area contributed by atoms with Crippen LogP contribution in [0, 0.1) is 23.7 Å². The summed E-state index contributed by atoms with van der Waals surface area (Å²) in [4.78, 5) is 73.2. The summed E-state index contributed by atoms with van der Waals surface area (Å²) < 4.78 is 68.9.